The maximum absolute atomic E-state index is 12.2. The van der Waals surface area contributed by atoms with E-state index in [1.807, 2.05) is 0 Å². The van der Waals surface area contributed by atoms with Crippen LogP contribution < -0.4 is 0 Å². The van der Waals surface area contributed by atoms with Gasteiger partial charge in [0.25, 0.3) is 0 Å². The summed E-state index contributed by atoms with van der Waals surface area (Å²) in [6.45, 7) is 0. The Bertz CT molecular complexity index is 232. The summed E-state index contributed by atoms with van der Waals surface area (Å²) in [7, 11) is 0. The van der Waals surface area contributed by atoms with Gasteiger partial charge in [0.2, 0.25) is 5.95 Å². The molecule has 0 N–H and O–H groups in total. The van der Waals surface area contributed by atoms with Gasteiger partial charge in [0, 0.05) is 12.6 Å². The van der Waals surface area contributed by atoms with Crippen LogP contribution in [0, 0.1) is 5.95 Å². The number of pyridine rings is 1. The van der Waals surface area contributed by atoms with E-state index in [2.05, 4.69) is 4.98 Å². The molecular formula is C8H8FNO. The third-order valence-corrected chi connectivity index (χ3v) is 1.34. The number of aldehydes is 1. The van der Waals surface area contributed by atoms with Crippen LogP contribution in [0.25, 0.3) is 0 Å². The van der Waals surface area contributed by atoms with Crippen LogP contribution in [-0.4, -0.2) is 11.3 Å². The fourth-order valence-corrected chi connectivity index (χ4v) is 0.780. The molecule has 0 aliphatic rings. The van der Waals surface area contributed by atoms with Crippen molar-refractivity contribution in [2.24, 2.45) is 0 Å². The molecule has 0 aliphatic heterocycles. The molecule has 1 aromatic heterocycles. The minimum absolute atomic E-state index is 0.466. The first kappa shape index (κ1) is 7.85. The third-order valence-electron chi connectivity index (χ3n) is 1.34. The van der Waals surface area contributed by atoms with Crippen molar-refractivity contribution in [1.29, 1.82) is 0 Å². The van der Waals surface area contributed by atoms with Gasteiger partial charge in [-0.3, -0.25) is 0 Å². The molecule has 0 saturated carbocycles. The Balaban J connectivity index is 2.58. The zero-order chi connectivity index (χ0) is 8.10. The molecule has 0 atom stereocenters. The van der Waals surface area contributed by atoms with Crippen LogP contribution in [0.3, 0.4) is 0 Å². The molecule has 0 bridgehead atoms. The van der Waals surface area contributed by atoms with Crippen molar-refractivity contribution in [1.82, 2.24) is 4.98 Å². The first-order valence-corrected chi connectivity index (χ1v) is 3.37. The molecule has 1 rings (SSSR count). The van der Waals surface area contributed by atoms with Crippen molar-refractivity contribution < 1.29 is 9.18 Å². The molecular weight excluding hydrogens is 145 g/mol. The summed E-state index contributed by atoms with van der Waals surface area (Å²) in [5.74, 6) is -0.486. The molecule has 0 amide bonds. The second-order valence-electron chi connectivity index (χ2n) is 2.19. The number of aromatic nitrogens is 1. The molecule has 1 aromatic rings. The lowest BCUT2D eigenvalue weighted by Gasteiger charge is -1.94. The van der Waals surface area contributed by atoms with E-state index in [0.29, 0.717) is 12.8 Å². The number of hydrogen-bond donors (Lipinski definition) is 0. The van der Waals surface area contributed by atoms with Crippen LogP contribution >= 0.6 is 0 Å². The molecule has 0 spiro atoms. The maximum atomic E-state index is 12.2. The zero-order valence-electron chi connectivity index (χ0n) is 5.96. The van der Waals surface area contributed by atoms with Crippen molar-refractivity contribution in [2.75, 3.05) is 0 Å². The number of carbonyl (C=O) groups is 1. The Morgan fingerprint density at radius 3 is 2.91 bits per heavy atom. The van der Waals surface area contributed by atoms with E-state index >= 15 is 0 Å². The van der Waals surface area contributed by atoms with Crippen molar-refractivity contribution in [2.45, 2.75) is 12.8 Å². The highest BCUT2D eigenvalue weighted by Gasteiger charge is 1.93. The minimum atomic E-state index is -0.486. The lowest BCUT2D eigenvalue weighted by molar-refractivity contribution is -0.107. The van der Waals surface area contributed by atoms with Gasteiger partial charge >= 0.3 is 0 Å². The van der Waals surface area contributed by atoms with Crippen LogP contribution in [0.1, 0.15) is 12.0 Å². The number of carbonyl (C=O) groups excluding carboxylic acids is 1. The fraction of sp³-hybridized carbons (Fsp3) is 0.250. The Hall–Kier alpha value is -1.25. The minimum Gasteiger partial charge on any atom is -0.303 e. The normalized spacial score (nSPS) is 9.55. The predicted molar refractivity (Wildman–Crippen MR) is 38.6 cm³/mol. The van der Waals surface area contributed by atoms with E-state index in [4.69, 9.17) is 0 Å². The van der Waals surface area contributed by atoms with Crippen molar-refractivity contribution >= 4 is 6.29 Å². The average Bonchev–Trinajstić information content (AvgIpc) is 2.04. The topological polar surface area (TPSA) is 30.0 Å². The summed E-state index contributed by atoms with van der Waals surface area (Å²) in [6.07, 6.45) is 3.38. The maximum Gasteiger partial charge on any atom is 0.212 e. The van der Waals surface area contributed by atoms with Gasteiger partial charge in [-0.25, -0.2) is 4.98 Å². The summed E-state index contributed by atoms with van der Waals surface area (Å²) >= 11 is 0. The molecule has 3 heteroatoms. The molecule has 0 radical (unpaired) electrons. The van der Waals surface area contributed by atoms with E-state index in [1.54, 1.807) is 6.07 Å². The molecule has 11 heavy (non-hydrogen) atoms. The van der Waals surface area contributed by atoms with Crippen LogP contribution in [0.2, 0.25) is 0 Å². The summed E-state index contributed by atoms with van der Waals surface area (Å²) in [6, 6.07) is 2.92. The smallest absolute Gasteiger partial charge is 0.212 e. The summed E-state index contributed by atoms with van der Waals surface area (Å²) in [5, 5.41) is 0. The Morgan fingerprint density at radius 2 is 2.36 bits per heavy atom. The average molecular weight is 153 g/mol. The summed E-state index contributed by atoms with van der Waals surface area (Å²) in [4.78, 5) is 13.4. The number of aryl methyl sites for hydroxylation is 1. The molecule has 2 nitrogen and oxygen atoms in total. The van der Waals surface area contributed by atoms with E-state index < -0.39 is 5.95 Å². The molecule has 0 aliphatic carbocycles. The zero-order valence-corrected chi connectivity index (χ0v) is 5.96. The Morgan fingerprint density at radius 1 is 1.55 bits per heavy atom. The Labute approximate surface area is 64.1 Å². The van der Waals surface area contributed by atoms with E-state index in [1.165, 1.54) is 12.3 Å². The molecule has 0 fully saturated rings. The highest BCUT2D eigenvalue weighted by Crippen LogP contribution is 2.00. The van der Waals surface area contributed by atoms with Gasteiger partial charge in [0.15, 0.2) is 0 Å². The van der Waals surface area contributed by atoms with Crippen LogP contribution in [-0.2, 0) is 11.2 Å². The first-order chi connectivity index (χ1) is 5.33. The van der Waals surface area contributed by atoms with Gasteiger partial charge < -0.3 is 4.79 Å². The lowest BCUT2D eigenvalue weighted by atomic mass is 10.2. The number of hydrogen-bond acceptors (Lipinski definition) is 2. The standard InChI is InChI=1S/C8H8FNO/c9-8-4-3-7(6-10-8)2-1-5-11/h3-6H,1-2H2. The van der Waals surface area contributed by atoms with Crippen LogP contribution in [0.15, 0.2) is 18.3 Å². The quantitative estimate of drug-likeness (QED) is 0.484. The van der Waals surface area contributed by atoms with Gasteiger partial charge in [-0.05, 0) is 18.1 Å². The first-order valence-electron chi connectivity index (χ1n) is 3.37. The Kier molecular flexibility index (Phi) is 2.72. The van der Waals surface area contributed by atoms with Crippen molar-refractivity contribution in [3.63, 3.8) is 0 Å². The highest BCUT2D eigenvalue weighted by molar-refractivity contribution is 5.49. The summed E-state index contributed by atoms with van der Waals surface area (Å²) in [5.41, 5.74) is 0.888. The lowest BCUT2D eigenvalue weighted by Crippen LogP contribution is -1.88. The summed E-state index contributed by atoms with van der Waals surface area (Å²) < 4.78 is 12.2. The number of halogens is 1. The SMILES string of the molecule is O=CCCc1ccc(F)nc1. The largest absolute Gasteiger partial charge is 0.303 e. The monoisotopic (exact) mass is 153 g/mol. The van der Waals surface area contributed by atoms with Gasteiger partial charge in [0.05, 0.1) is 0 Å². The van der Waals surface area contributed by atoms with Crippen LogP contribution in [0.4, 0.5) is 4.39 Å². The van der Waals surface area contributed by atoms with Gasteiger partial charge in [-0.2, -0.15) is 4.39 Å². The second-order valence-corrected chi connectivity index (χ2v) is 2.19. The van der Waals surface area contributed by atoms with Gasteiger partial charge in [0.1, 0.15) is 6.29 Å². The second kappa shape index (κ2) is 3.81. The van der Waals surface area contributed by atoms with E-state index in [9.17, 15) is 9.18 Å². The molecule has 0 unspecified atom stereocenters. The number of rotatable bonds is 3. The molecule has 1 heterocycles. The molecule has 0 aromatic carbocycles. The van der Waals surface area contributed by atoms with Crippen molar-refractivity contribution in [3.8, 4) is 0 Å². The van der Waals surface area contributed by atoms with E-state index in [-0.39, 0.29) is 0 Å². The third kappa shape index (κ3) is 2.45. The molecule has 58 valence electrons. The number of nitrogens with zero attached hydrogens (tertiary/aromatic N) is 1. The van der Waals surface area contributed by atoms with Crippen molar-refractivity contribution in [3.05, 3.63) is 29.8 Å². The molecule has 0 saturated heterocycles. The fourth-order valence-electron chi connectivity index (χ4n) is 0.780. The van der Waals surface area contributed by atoms with Gasteiger partial charge in [-0.15, -0.1) is 0 Å². The van der Waals surface area contributed by atoms with E-state index in [0.717, 1.165) is 11.8 Å². The predicted octanol–water partition coefficient (Wildman–Crippen LogP) is 1.35. The highest BCUT2D eigenvalue weighted by atomic mass is 19.1. The van der Waals surface area contributed by atoms with Gasteiger partial charge in [-0.1, -0.05) is 6.07 Å². The van der Waals surface area contributed by atoms with Crippen LogP contribution in [0.5, 0.6) is 0 Å².